The maximum absolute atomic E-state index is 11.3. The normalized spacial score (nSPS) is 11.0. The monoisotopic (exact) mass is 312 g/mol. The first-order valence-corrected chi connectivity index (χ1v) is 7.22. The summed E-state index contributed by atoms with van der Waals surface area (Å²) in [4.78, 5) is 11.3. The number of carbonyl (C=O) groups excluding carboxylic acids is 1. The van der Waals surface area contributed by atoms with Gasteiger partial charge in [-0.3, -0.25) is 10.0 Å². The zero-order valence-electron chi connectivity index (χ0n) is 13.2. The fraction of sp³-hybridized carbons (Fsp3) is 0.167. The smallest absolute Gasteiger partial charge is 0.274 e. The molecule has 0 aliphatic heterocycles. The third-order valence-corrected chi connectivity index (χ3v) is 3.33. The van der Waals surface area contributed by atoms with E-state index in [1.54, 1.807) is 24.7 Å². The van der Waals surface area contributed by atoms with Gasteiger partial charge in [0.25, 0.3) is 5.91 Å². The molecule has 0 aromatic heterocycles. The molecule has 0 radical (unpaired) electrons. The van der Waals surface area contributed by atoms with Crippen molar-refractivity contribution in [2.75, 3.05) is 19.0 Å². The number of rotatable bonds is 6. The van der Waals surface area contributed by atoms with E-state index < -0.39 is 5.91 Å². The maximum atomic E-state index is 11.3. The highest BCUT2D eigenvalue weighted by Crippen LogP contribution is 2.17. The van der Waals surface area contributed by atoms with E-state index in [0.29, 0.717) is 12.1 Å². The Morgan fingerprint density at radius 2 is 1.96 bits per heavy atom. The number of nitrogens with one attached hydrogen (secondary N) is 2. The van der Waals surface area contributed by atoms with Gasteiger partial charge in [-0.05, 0) is 36.8 Å². The molecule has 0 unspecified atom stereocenters. The predicted octanol–water partition coefficient (Wildman–Crippen LogP) is 3.33. The van der Waals surface area contributed by atoms with Crippen LogP contribution in [0.15, 0.2) is 54.1 Å². The summed E-state index contributed by atoms with van der Waals surface area (Å²) in [6, 6.07) is 14.8. The van der Waals surface area contributed by atoms with Crippen molar-refractivity contribution in [1.82, 2.24) is 5.48 Å². The third kappa shape index (κ3) is 4.86. The minimum Gasteiger partial charge on any atom is -0.497 e. The Balaban J connectivity index is 1.98. The standard InChI is InChI=1S/C18H20N2O3/c1-13(12-19-16-4-3-5-17(11-16)23-2)10-14-6-8-15(9-7-14)18(21)20-22/h3-11,19,22H,12H2,1-2H3,(H,20,21)/b13-10+. The van der Waals surface area contributed by atoms with Crippen LogP contribution in [0.3, 0.4) is 0 Å². The molecule has 120 valence electrons. The average molecular weight is 312 g/mol. The van der Waals surface area contributed by atoms with E-state index in [1.807, 2.05) is 49.4 Å². The first-order chi connectivity index (χ1) is 11.1. The van der Waals surface area contributed by atoms with Crippen LogP contribution in [0.5, 0.6) is 5.75 Å². The van der Waals surface area contributed by atoms with Crippen molar-refractivity contribution in [2.24, 2.45) is 0 Å². The number of methoxy groups -OCH3 is 1. The largest absolute Gasteiger partial charge is 0.497 e. The summed E-state index contributed by atoms with van der Waals surface area (Å²) < 4.78 is 5.19. The van der Waals surface area contributed by atoms with Crippen LogP contribution in [0.2, 0.25) is 0 Å². The second-order valence-electron chi connectivity index (χ2n) is 5.14. The van der Waals surface area contributed by atoms with E-state index in [2.05, 4.69) is 5.32 Å². The molecule has 3 N–H and O–H groups in total. The molecular weight excluding hydrogens is 292 g/mol. The first kappa shape index (κ1) is 16.6. The number of ether oxygens (including phenoxy) is 1. The highest BCUT2D eigenvalue weighted by atomic mass is 16.5. The minimum atomic E-state index is -0.517. The summed E-state index contributed by atoms with van der Waals surface area (Å²) in [5.74, 6) is 0.298. The quantitative estimate of drug-likeness (QED) is 0.565. The SMILES string of the molecule is COc1cccc(NC/C(C)=C/c2ccc(C(=O)NO)cc2)c1. The molecule has 0 atom stereocenters. The highest BCUT2D eigenvalue weighted by molar-refractivity contribution is 5.93. The van der Waals surface area contributed by atoms with E-state index in [1.165, 1.54) is 0 Å². The van der Waals surface area contributed by atoms with Gasteiger partial charge in [0.1, 0.15) is 5.75 Å². The molecule has 2 aromatic rings. The average Bonchev–Trinajstić information content (AvgIpc) is 2.60. The molecule has 2 aromatic carbocycles. The second-order valence-corrected chi connectivity index (χ2v) is 5.14. The Kier molecular flexibility index (Phi) is 5.77. The van der Waals surface area contributed by atoms with Crippen LogP contribution in [-0.4, -0.2) is 24.8 Å². The zero-order valence-corrected chi connectivity index (χ0v) is 13.2. The molecule has 23 heavy (non-hydrogen) atoms. The van der Waals surface area contributed by atoms with Crippen LogP contribution < -0.4 is 15.5 Å². The van der Waals surface area contributed by atoms with E-state index >= 15 is 0 Å². The van der Waals surface area contributed by atoms with Gasteiger partial charge in [-0.15, -0.1) is 0 Å². The van der Waals surface area contributed by atoms with Crippen molar-refractivity contribution in [3.05, 3.63) is 65.2 Å². The van der Waals surface area contributed by atoms with Gasteiger partial charge >= 0.3 is 0 Å². The van der Waals surface area contributed by atoms with E-state index in [4.69, 9.17) is 9.94 Å². The molecule has 1 amide bonds. The molecule has 0 saturated carbocycles. The van der Waals surface area contributed by atoms with Gasteiger partial charge in [0.2, 0.25) is 0 Å². The van der Waals surface area contributed by atoms with Gasteiger partial charge in [-0.25, -0.2) is 5.48 Å². The highest BCUT2D eigenvalue weighted by Gasteiger charge is 2.02. The Morgan fingerprint density at radius 1 is 1.22 bits per heavy atom. The van der Waals surface area contributed by atoms with Crippen molar-refractivity contribution in [3.63, 3.8) is 0 Å². The molecule has 0 spiro atoms. The van der Waals surface area contributed by atoms with Gasteiger partial charge < -0.3 is 10.1 Å². The van der Waals surface area contributed by atoms with Gasteiger partial charge in [0, 0.05) is 23.9 Å². The Morgan fingerprint density at radius 3 is 2.61 bits per heavy atom. The Bertz CT molecular complexity index is 694. The fourth-order valence-corrected chi connectivity index (χ4v) is 2.11. The molecule has 0 heterocycles. The lowest BCUT2D eigenvalue weighted by atomic mass is 10.1. The molecule has 0 aliphatic rings. The summed E-state index contributed by atoms with van der Waals surface area (Å²) in [6.45, 7) is 2.73. The first-order valence-electron chi connectivity index (χ1n) is 7.22. The van der Waals surface area contributed by atoms with Crippen LogP contribution in [-0.2, 0) is 0 Å². The van der Waals surface area contributed by atoms with Crippen molar-refractivity contribution >= 4 is 17.7 Å². The molecule has 0 bridgehead atoms. The maximum Gasteiger partial charge on any atom is 0.274 e. The number of hydroxylamine groups is 1. The number of hydrogen-bond donors (Lipinski definition) is 3. The number of hydrogen-bond acceptors (Lipinski definition) is 4. The van der Waals surface area contributed by atoms with Crippen molar-refractivity contribution in [1.29, 1.82) is 0 Å². The summed E-state index contributed by atoms with van der Waals surface area (Å²) in [7, 11) is 1.64. The molecule has 0 fully saturated rings. The van der Waals surface area contributed by atoms with Crippen molar-refractivity contribution in [3.8, 4) is 5.75 Å². The van der Waals surface area contributed by atoms with Gasteiger partial charge in [-0.1, -0.05) is 29.8 Å². The van der Waals surface area contributed by atoms with Crippen LogP contribution in [0.1, 0.15) is 22.8 Å². The van der Waals surface area contributed by atoms with Crippen LogP contribution in [0.25, 0.3) is 6.08 Å². The Hall–Kier alpha value is -2.79. The molecular formula is C18H20N2O3. The number of anilines is 1. The third-order valence-electron chi connectivity index (χ3n) is 3.33. The van der Waals surface area contributed by atoms with Crippen molar-refractivity contribution in [2.45, 2.75) is 6.92 Å². The predicted molar refractivity (Wildman–Crippen MR) is 90.8 cm³/mol. The lowest BCUT2D eigenvalue weighted by Crippen LogP contribution is -2.18. The van der Waals surface area contributed by atoms with Crippen LogP contribution in [0, 0.1) is 0 Å². The van der Waals surface area contributed by atoms with Gasteiger partial charge in [0.05, 0.1) is 7.11 Å². The number of benzene rings is 2. The minimum absolute atomic E-state index is 0.414. The van der Waals surface area contributed by atoms with Gasteiger partial charge in [0.15, 0.2) is 0 Å². The van der Waals surface area contributed by atoms with E-state index in [-0.39, 0.29) is 0 Å². The summed E-state index contributed by atoms with van der Waals surface area (Å²) >= 11 is 0. The van der Waals surface area contributed by atoms with Crippen molar-refractivity contribution < 1.29 is 14.7 Å². The van der Waals surface area contributed by atoms with Crippen LogP contribution in [0.4, 0.5) is 5.69 Å². The van der Waals surface area contributed by atoms with E-state index in [9.17, 15) is 4.79 Å². The Labute approximate surface area is 135 Å². The molecule has 0 aliphatic carbocycles. The van der Waals surface area contributed by atoms with Gasteiger partial charge in [-0.2, -0.15) is 0 Å². The number of amides is 1. The summed E-state index contributed by atoms with van der Waals surface area (Å²) in [6.07, 6.45) is 2.04. The zero-order chi connectivity index (χ0) is 16.7. The lowest BCUT2D eigenvalue weighted by molar-refractivity contribution is 0.0706. The van der Waals surface area contributed by atoms with E-state index in [0.717, 1.165) is 22.6 Å². The summed E-state index contributed by atoms with van der Waals surface area (Å²) in [5, 5.41) is 11.9. The molecule has 5 nitrogen and oxygen atoms in total. The summed E-state index contributed by atoms with van der Waals surface area (Å²) in [5.41, 5.74) is 5.16. The number of carbonyl (C=O) groups is 1. The molecule has 0 saturated heterocycles. The molecule has 2 rings (SSSR count). The van der Waals surface area contributed by atoms with Crippen LogP contribution >= 0.6 is 0 Å². The topological polar surface area (TPSA) is 70.6 Å². The lowest BCUT2D eigenvalue weighted by Gasteiger charge is -2.08. The fourth-order valence-electron chi connectivity index (χ4n) is 2.11. The molecule has 5 heteroatoms. The second kappa shape index (κ2) is 8.00.